The molecule has 1 atom stereocenters. The van der Waals surface area contributed by atoms with Crippen molar-refractivity contribution in [1.29, 1.82) is 0 Å². The molecule has 0 bridgehead atoms. The van der Waals surface area contributed by atoms with E-state index in [-0.39, 0.29) is 24.0 Å². The van der Waals surface area contributed by atoms with Gasteiger partial charge < -0.3 is 15.0 Å². The van der Waals surface area contributed by atoms with E-state index in [4.69, 9.17) is 21.3 Å². The summed E-state index contributed by atoms with van der Waals surface area (Å²) in [6.07, 6.45) is 4.40. The Hall–Kier alpha value is -0.530. The molecule has 140 valence electrons. The molecule has 4 nitrogen and oxygen atoms in total. The Morgan fingerprint density at radius 2 is 2.20 bits per heavy atom. The van der Waals surface area contributed by atoms with Crippen LogP contribution in [0.3, 0.4) is 0 Å². The lowest BCUT2D eigenvalue weighted by molar-refractivity contribution is 0.156. The maximum atomic E-state index is 6.22. The molecule has 2 saturated heterocycles. The van der Waals surface area contributed by atoms with Crippen LogP contribution >= 0.6 is 35.6 Å². The number of ether oxygens (including phenoxy) is 1. The van der Waals surface area contributed by atoms with Crippen molar-refractivity contribution in [2.24, 2.45) is 10.4 Å². The zero-order valence-electron chi connectivity index (χ0n) is 15.0. The molecule has 1 aromatic carbocycles. The molecule has 0 aromatic heterocycles. The lowest BCUT2D eigenvalue weighted by Crippen LogP contribution is -2.41. The number of guanidine groups is 1. The van der Waals surface area contributed by atoms with Crippen LogP contribution in [-0.2, 0) is 11.2 Å². The molecule has 25 heavy (non-hydrogen) atoms. The van der Waals surface area contributed by atoms with Crippen LogP contribution in [0.2, 0.25) is 5.02 Å². The predicted octanol–water partition coefficient (Wildman–Crippen LogP) is 3.97. The average molecular weight is 478 g/mol. The van der Waals surface area contributed by atoms with Gasteiger partial charge in [0.2, 0.25) is 0 Å². The highest BCUT2D eigenvalue weighted by atomic mass is 127. The van der Waals surface area contributed by atoms with Crippen LogP contribution in [0.5, 0.6) is 0 Å². The molecular formula is C19H29ClIN3O. The van der Waals surface area contributed by atoms with E-state index in [1.165, 1.54) is 18.4 Å². The Morgan fingerprint density at radius 1 is 1.36 bits per heavy atom. The van der Waals surface area contributed by atoms with Crippen LogP contribution in [0.15, 0.2) is 29.3 Å². The number of nitrogens with zero attached hydrogens (tertiary/aromatic N) is 2. The predicted molar refractivity (Wildman–Crippen MR) is 115 cm³/mol. The maximum Gasteiger partial charge on any atom is 0.193 e. The van der Waals surface area contributed by atoms with Crippen molar-refractivity contribution in [3.63, 3.8) is 0 Å². The molecule has 0 saturated carbocycles. The van der Waals surface area contributed by atoms with Gasteiger partial charge in [-0.3, -0.25) is 4.99 Å². The molecule has 1 unspecified atom stereocenters. The lowest BCUT2D eigenvalue weighted by atomic mass is 9.87. The van der Waals surface area contributed by atoms with Crippen molar-refractivity contribution >= 4 is 41.5 Å². The van der Waals surface area contributed by atoms with Gasteiger partial charge in [-0.05, 0) is 44.2 Å². The quantitative estimate of drug-likeness (QED) is 0.302. The number of hydrogen-bond donors (Lipinski definition) is 1. The fourth-order valence-electron chi connectivity index (χ4n) is 3.67. The van der Waals surface area contributed by atoms with E-state index >= 15 is 0 Å². The molecule has 6 heteroatoms. The minimum atomic E-state index is 0. The molecule has 2 heterocycles. The Bertz CT molecular complexity index is 576. The van der Waals surface area contributed by atoms with Gasteiger partial charge in [0, 0.05) is 43.2 Å². The van der Waals surface area contributed by atoms with E-state index in [1.807, 2.05) is 18.2 Å². The van der Waals surface area contributed by atoms with Crippen LogP contribution in [0, 0.1) is 5.41 Å². The maximum absolute atomic E-state index is 6.22. The smallest absolute Gasteiger partial charge is 0.193 e. The first kappa shape index (κ1) is 20.8. The zero-order valence-corrected chi connectivity index (χ0v) is 18.1. The largest absolute Gasteiger partial charge is 0.381 e. The molecule has 1 aromatic rings. The third-order valence-corrected chi connectivity index (χ3v) is 5.45. The Morgan fingerprint density at radius 3 is 2.92 bits per heavy atom. The molecular weight excluding hydrogens is 449 g/mol. The SMILES string of the molecule is CCNC(=NCCCc1ccccc1Cl)N1CCC2(CCOC2)C1.I. The van der Waals surface area contributed by atoms with E-state index in [0.29, 0.717) is 5.41 Å². The molecule has 0 radical (unpaired) electrons. The molecule has 2 fully saturated rings. The highest BCUT2D eigenvalue weighted by Gasteiger charge is 2.42. The van der Waals surface area contributed by atoms with Gasteiger partial charge in [0.05, 0.1) is 6.61 Å². The number of benzene rings is 1. The molecule has 2 aliphatic heterocycles. The second-order valence-electron chi connectivity index (χ2n) is 6.90. The van der Waals surface area contributed by atoms with Crippen LogP contribution < -0.4 is 5.32 Å². The van der Waals surface area contributed by atoms with Gasteiger partial charge in [0.15, 0.2) is 5.96 Å². The standard InChI is InChI=1S/C19H28ClN3O.HI/c1-2-21-18(23-12-9-19(14-23)10-13-24-15-19)22-11-5-7-16-6-3-4-8-17(16)20;/h3-4,6,8H,2,5,7,9-15H2,1H3,(H,21,22);1H. The van der Waals surface area contributed by atoms with Crippen LogP contribution in [0.25, 0.3) is 0 Å². The van der Waals surface area contributed by atoms with E-state index in [0.717, 1.165) is 63.2 Å². The average Bonchev–Trinajstić information content (AvgIpc) is 3.22. The molecule has 2 aliphatic rings. The van der Waals surface area contributed by atoms with Crippen LogP contribution in [0.4, 0.5) is 0 Å². The Balaban J connectivity index is 0.00000225. The van der Waals surface area contributed by atoms with Crippen LogP contribution in [-0.4, -0.2) is 50.3 Å². The summed E-state index contributed by atoms with van der Waals surface area (Å²) in [7, 11) is 0. The Kier molecular flexibility index (Phi) is 8.29. The number of rotatable bonds is 5. The lowest BCUT2D eigenvalue weighted by Gasteiger charge is -2.25. The van der Waals surface area contributed by atoms with E-state index < -0.39 is 0 Å². The van der Waals surface area contributed by atoms with E-state index in [2.05, 4.69) is 23.2 Å². The van der Waals surface area contributed by atoms with Gasteiger partial charge in [-0.2, -0.15) is 0 Å². The number of likely N-dealkylation sites (tertiary alicyclic amines) is 1. The zero-order chi connectivity index (χ0) is 16.8. The van der Waals surface area contributed by atoms with Crippen molar-refractivity contribution in [3.05, 3.63) is 34.9 Å². The van der Waals surface area contributed by atoms with Crippen molar-refractivity contribution in [2.45, 2.75) is 32.6 Å². The van der Waals surface area contributed by atoms with Gasteiger partial charge in [-0.15, -0.1) is 24.0 Å². The fraction of sp³-hybridized carbons (Fsp3) is 0.632. The van der Waals surface area contributed by atoms with Gasteiger partial charge in [0.25, 0.3) is 0 Å². The summed E-state index contributed by atoms with van der Waals surface area (Å²) < 4.78 is 5.63. The number of nitrogens with one attached hydrogen (secondary N) is 1. The Labute approximate surface area is 173 Å². The summed E-state index contributed by atoms with van der Waals surface area (Å²) in [5.41, 5.74) is 1.58. The number of aliphatic imine (C=N–C) groups is 1. The highest BCUT2D eigenvalue weighted by molar-refractivity contribution is 14.0. The first-order chi connectivity index (χ1) is 11.7. The highest BCUT2D eigenvalue weighted by Crippen LogP contribution is 2.38. The minimum absolute atomic E-state index is 0. The molecule has 1 spiro atoms. The number of halogens is 2. The minimum Gasteiger partial charge on any atom is -0.381 e. The van der Waals surface area contributed by atoms with Crippen molar-refractivity contribution < 1.29 is 4.74 Å². The second kappa shape index (κ2) is 9.97. The summed E-state index contributed by atoms with van der Waals surface area (Å²) in [5.74, 6) is 1.06. The van der Waals surface area contributed by atoms with Gasteiger partial charge in [0.1, 0.15) is 0 Å². The van der Waals surface area contributed by atoms with Crippen LogP contribution in [0.1, 0.15) is 31.7 Å². The van der Waals surface area contributed by atoms with Crippen molar-refractivity contribution in [3.8, 4) is 0 Å². The van der Waals surface area contributed by atoms with E-state index in [1.54, 1.807) is 0 Å². The summed E-state index contributed by atoms with van der Waals surface area (Å²) in [5, 5.41) is 4.31. The van der Waals surface area contributed by atoms with E-state index in [9.17, 15) is 0 Å². The van der Waals surface area contributed by atoms with Crippen molar-refractivity contribution in [1.82, 2.24) is 10.2 Å². The number of hydrogen-bond acceptors (Lipinski definition) is 2. The fourth-order valence-corrected chi connectivity index (χ4v) is 3.90. The summed E-state index contributed by atoms with van der Waals surface area (Å²) in [6.45, 7) is 7.85. The van der Waals surface area contributed by atoms with Gasteiger partial charge >= 0.3 is 0 Å². The molecule has 1 N–H and O–H groups in total. The second-order valence-corrected chi connectivity index (χ2v) is 7.31. The third kappa shape index (κ3) is 5.47. The summed E-state index contributed by atoms with van der Waals surface area (Å²) >= 11 is 6.22. The first-order valence-electron chi connectivity index (χ1n) is 9.07. The third-order valence-electron chi connectivity index (χ3n) is 5.08. The monoisotopic (exact) mass is 477 g/mol. The molecule has 0 amide bonds. The molecule has 0 aliphatic carbocycles. The van der Waals surface area contributed by atoms with Gasteiger partial charge in [-0.1, -0.05) is 29.8 Å². The summed E-state index contributed by atoms with van der Waals surface area (Å²) in [4.78, 5) is 7.25. The first-order valence-corrected chi connectivity index (χ1v) is 9.45. The topological polar surface area (TPSA) is 36.9 Å². The summed E-state index contributed by atoms with van der Waals surface area (Å²) in [6, 6.07) is 8.07. The van der Waals surface area contributed by atoms with Gasteiger partial charge in [-0.25, -0.2) is 0 Å². The van der Waals surface area contributed by atoms with Crippen molar-refractivity contribution in [2.75, 3.05) is 39.4 Å². The molecule has 3 rings (SSSR count). The number of aryl methyl sites for hydroxylation is 1. The normalized spacial score (nSPS) is 23.1.